The highest BCUT2D eigenvalue weighted by Gasteiger charge is 2.36. The number of hydrogen-bond acceptors (Lipinski definition) is 2. The summed E-state index contributed by atoms with van der Waals surface area (Å²) in [4.78, 5) is 26.2. The maximum Gasteiger partial charge on any atom is 0.416 e. The number of carbonyl (C=O) groups is 2. The Kier molecular flexibility index (Phi) is 5.41. The van der Waals surface area contributed by atoms with E-state index >= 15 is 0 Å². The van der Waals surface area contributed by atoms with Crippen molar-refractivity contribution in [2.45, 2.75) is 31.6 Å². The number of likely N-dealkylation sites (tertiary alicyclic amines) is 1. The van der Waals surface area contributed by atoms with Crippen LogP contribution in [0.15, 0.2) is 48.5 Å². The van der Waals surface area contributed by atoms with Gasteiger partial charge in [-0.05, 0) is 42.3 Å². The molecule has 1 aliphatic rings. The average molecular weight is 397 g/mol. The number of amides is 2. The van der Waals surface area contributed by atoms with E-state index in [-0.39, 0.29) is 24.6 Å². The van der Waals surface area contributed by atoms with E-state index in [4.69, 9.17) is 11.6 Å². The molecule has 2 aromatic rings. The van der Waals surface area contributed by atoms with Crippen molar-refractivity contribution in [3.63, 3.8) is 0 Å². The van der Waals surface area contributed by atoms with Gasteiger partial charge in [0.25, 0.3) is 0 Å². The van der Waals surface area contributed by atoms with Gasteiger partial charge in [-0.3, -0.25) is 9.59 Å². The van der Waals surface area contributed by atoms with E-state index in [2.05, 4.69) is 5.32 Å². The fourth-order valence-electron chi connectivity index (χ4n) is 2.98. The van der Waals surface area contributed by atoms with Crippen molar-refractivity contribution in [2.24, 2.45) is 0 Å². The van der Waals surface area contributed by atoms with E-state index in [1.54, 1.807) is 24.3 Å². The van der Waals surface area contributed by atoms with Gasteiger partial charge in [0.15, 0.2) is 0 Å². The van der Waals surface area contributed by atoms with Gasteiger partial charge in [0.2, 0.25) is 11.8 Å². The SMILES string of the molecule is O=C(Nc1ccc(C(F)(F)F)cc1)[C@@H]1CCC(=O)N1Cc1ccccc1Cl. The van der Waals surface area contributed by atoms with Gasteiger partial charge in [0, 0.05) is 23.7 Å². The predicted molar refractivity (Wildman–Crippen MR) is 95.1 cm³/mol. The van der Waals surface area contributed by atoms with Crippen LogP contribution in [0.25, 0.3) is 0 Å². The Balaban J connectivity index is 1.71. The van der Waals surface area contributed by atoms with Crippen LogP contribution in [-0.2, 0) is 22.3 Å². The van der Waals surface area contributed by atoms with E-state index in [1.165, 1.54) is 17.0 Å². The van der Waals surface area contributed by atoms with Gasteiger partial charge in [-0.15, -0.1) is 0 Å². The Labute approximate surface area is 158 Å². The second-order valence-electron chi connectivity index (χ2n) is 6.23. The van der Waals surface area contributed by atoms with Crippen LogP contribution in [0.1, 0.15) is 24.0 Å². The van der Waals surface area contributed by atoms with Crippen molar-refractivity contribution in [1.29, 1.82) is 0 Å². The third kappa shape index (κ3) is 4.42. The van der Waals surface area contributed by atoms with Crippen molar-refractivity contribution in [2.75, 3.05) is 5.32 Å². The summed E-state index contributed by atoms with van der Waals surface area (Å²) in [6.07, 6.45) is -3.86. The molecule has 1 aliphatic heterocycles. The van der Waals surface area contributed by atoms with Crippen molar-refractivity contribution in [3.05, 3.63) is 64.7 Å². The Bertz CT molecular complexity index is 853. The quantitative estimate of drug-likeness (QED) is 0.827. The Morgan fingerprint density at radius 1 is 1.15 bits per heavy atom. The lowest BCUT2D eigenvalue weighted by atomic mass is 10.1. The smallest absolute Gasteiger partial charge is 0.326 e. The number of carbonyl (C=O) groups excluding carboxylic acids is 2. The molecule has 3 rings (SSSR count). The second-order valence-corrected chi connectivity index (χ2v) is 6.64. The summed E-state index contributed by atoms with van der Waals surface area (Å²) in [6.45, 7) is 0.198. The highest BCUT2D eigenvalue weighted by Crippen LogP contribution is 2.30. The lowest BCUT2D eigenvalue weighted by Gasteiger charge is -2.24. The topological polar surface area (TPSA) is 49.4 Å². The van der Waals surface area contributed by atoms with E-state index in [0.29, 0.717) is 11.4 Å². The highest BCUT2D eigenvalue weighted by molar-refractivity contribution is 6.31. The van der Waals surface area contributed by atoms with Gasteiger partial charge in [-0.1, -0.05) is 29.8 Å². The van der Waals surface area contributed by atoms with Crippen LogP contribution in [0.2, 0.25) is 5.02 Å². The second kappa shape index (κ2) is 7.60. The Hall–Kier alpha value is -2.54. The summed E-state index contributed by atoms with van der Waals surface area (Å²) >= 11 is 6.13. The number of rotatable bonds is 4. The lowest BCUT2D eigenvalue weighted by Crippen LogP contribution is -2.41. The maximum atomic E-state index is 12.6. The van der Waals surface area contributed by atoms with Gasteiger partial charge in [0.1, 0.15) is 6.04 Å². The third-order valence-corrected chi connectivity index (χ3v) is 4.78. The first-order valence-electron chi connectivity index (χ1n) is 8.26. The number of hydrogen-bond donors (Lipinski definition) is 1. The van der Waals surface area contributed by atoms with Crippen LogP contribution in [0.3, 0.4) is 0 Å². The molecule has 0 aromatic heterocycles. The number of nitrogens with one attached hydrogen (secondary N) is 1. The predicted octanol–water partition coefficient (Wildman–Crippen LogP) is 4.49. The summed E-state index contributed by atoms with van der Waals surface area (Å²) in [5, 5.41) is 3.08. The minimum Gasteiger partial charge on any atom is -0.326 e. The molecule has 2 amide bonds. The molecule has 1 atom stereocenters. The van der Waals surface area contributed by atoms with Gasteiger partial charge in [0.05, 0.1) is 5.56 Å². The monoisotopic (exact) mass is 396 g/mol. The molecule has 0 spiro atoms. The summed E-state index contributed by atoms with van der Waals surface area (Å²) in [6, 6.07) is 10.5. The van der Waals surface area contributed by atoms with E-state index in [0.717, 1.165) is 17.7 Å². The molecule has 1 N–H and O–H groups in total. The maximum absolute atomic E-state index is 12.6. The fourth-order valence-corrected chi connectivity index (χ4v) is 3.18. The largest absolute Gasteiger partial charge is 0.416 e. The zero-order valence-electron chi connectivity index (χ0n) is 14.1. The van der Waals surface area contributed by atoms with Crippen LogP contribution in [-0.4, -0.2) is 22.8 Å². The first-order chi connectivity index (χ1) is 12.8. The molecule has 8 heteroatoms. The van der Waals surface area contributed by atoms with Crippen LogP contribution >= 0.6 is 11.6 Å². The average Bonchev–Trinajstić information content (AvgIpc) is 2.97. The molecule has 0 saturated carbocycles. The van der Waals surface area contributed by atoms with Crippen molar-refractivity contribution < 1.29 is 22.8 Å². The molecule has 1 saturated heterocycles. The number of nitrogens with zero attached hydrogens (tertiary/aromatic N) is 1. The lowest BCUT2D eigenvalue weighted by molar-refractivity contribution is -0.137. The normalized spacial score (nSPS) is 17.3. The molecule has 0 bridgehead atoms. The van der Waals surface area contributed by atoms with Crippen molar-refractivity contribution in [1.82, 2.24) is 4.90 Å². The van der Waals surface area contributed by atoms with Crippen LogP contribution in [0.4, 0.5) is 18.9 Å². The van der Waals surface area contributed by atoms with Gasteiger partial charge in [-0.2, -0.15) is 13.2 Å². The minimum atomic E-state index is -4.44. The molecule has 4 nitrogen and oxygen atoms in total. The van der Waals surface area contributed by atoms with E-state index in [9.17, 15) is 22.8 Å². The number of alkyl halides is 3. The fraction of sp³-hybridized carbons (Fsp3) is 0.263. The molecule has 1 fully saturated rings. The standard InChI is InChI=1S/C19H16ClF3N2O2/c20-15-4-2-1-3-12(15)11-25-16(9-10-17(25)26)18(27)24-14-7-5-13(6-8-14)19(21,22)23/h1-8,16H,9-11H2,(H,24,27)/t16-/m0/s1. The van der Waals surface area contributed by atoms with Crippen molar-refractivity contribution >= 4 is 29.1 Å². The van der Waals surface area contributed by atoms with Crippen LogP contribution in [0.5, 0.6) is 0 Å². The third-order valence-electron chi connectivity index (χ3n) is 4.41. The molecular formula is C19H16ClF3N2O2. The molecular weight excluding hydrogens is 381 g/mol. The zero-order chi connectivity index (χ0) is 19.6. The first kappa shape index (κ1) is 19.2. The highest BCUT2D eigenvalue weighted by atomic mass is 35.5. The summed E-state index contributed by atoms with van der Waals surface area (Å²) in [5.74, 6) is -0.602. The van der Waals surface area contributed by atoms with Gasteiger partial charge < -0.3 is 10.2 Å². The zero-order valence-corrected chi connectivity index (χ0v) is 14.8. The molecule has 142 valence electrons. The molecule has 0 aliphatic carbocycles. The molecule has 1 heterocycles. The molecule has 0 radical (unpaired) electrons. The van der Waals surface area contributed by atoms with Crippen LogP contribution in [0, 0.1) is 0 Å². The Morgan fingerprint density at radius 3 is 2.44 bits per heavy atom. The Morgan fingerprint density at radius 2 is 1.81 bits per heavy atom. The van der Waals surface area contributed by atoms with Crippen LogP contribution < -0.4 is 5.32 Å². The molecule has 27 heavy (non-hydrogen) atoms. The summed E-state index contributed by atoms with van der Waals surface area (Å²) in [5.41, 5.74) is 0.170. The number of anilines is 1. The number of benzene rings is 2. The van der Waals surface area contributed by atoms with E-state index in [1.807, 2.05) is 0 Å². The summed E-state index contributed by atoms with van der Waals surface area (Å²) in [7, 11) is 0. The van der Waals surface area contributed by atoms with E-state index < -0.39 is 23.7 Å². The molecule has 0 unspecified atom stereocenters. The molecule has 2 aromatic carbocycles. The number of halogens is 4. The van der Waals surface area contributed by atoms with Crippen molar-refractivity contribution in [3.8, 4) is 0 Å². The minimum absolute atomic E-state index is 0.164. The first-order valence-corrected chi connectivity index (χ1v) is 8.64. The summed E-state index contributed by atoms with van der Waals surface area (Å²) < 4.78 is 37.9. The van der Waals surface area contributed by atoms with Gasteiger partial charge >= 0.3 is 6.18 Å². The van der Waals surface area contributed by atoms with Gasteiger partial charge in [-0.25, -0.2) is 0 Å².